The summed E-state index contributed by atoms with van der Waals surface area (Å²) in [5, 5.41) is 7.25. The molecular formula is C23H26ClN3O2S. The molecule has 0 unspecified atom stereocenters. The topological polar surface area (TPSA) is 46.6 Å². The Morgan fingerprint density at radius 3 is 2.80 bits per heavy atom. The van der Waals surface area contributed by atoms with Crippen molar-refractivity contribution >= 4 is 22.9 Å². The third-order valence-corrected chi connectivity index (χ3v) is 6.06. The van der Waals surface area contributed by atoms with Gasteiger partial charge in [0.2, 0.25) is 0 Å². The number of nitrogens with one attached hydrogen (secondary N) is 1. The molecule has 30 heavy (non-hydrogen) atoms. The lowest BCUT2D eigenvalue weighted by Crippen LogP contribution is -2.40. The summed E-state index contributed by atoms with van der Waals surface area (Å²) in [5.41, 5.74) is 3.23. The number of hydrogen-bond acceptors (Lipinski definition) is 6. The predicted octanol–water partition coefficient (Wildman–Crippen LogP) is 4.46. The van der Waals surface area contributed by atoms with E-state index in [0.29, 0.717) is 6.61 Å². The molecule has 1 N–H and O–H groups in total. The molecule has 1 aromatic heterocycles. The van der Waals surface area contributed by atoms with Crippen LogP contribution in [-0.4, -0.2) is 49.3 Å². The second-order valence-electron chi connectivity index (χ2n) is 7.20. The summed E-state index contributed by atoms with van der Waals surface area (Å²) in [6, 6.07) is 16.0. The third kappa shape index (κ3) is 6.27. The molecule has 5 nitrogen and oxygen atoms in total. The first-order chi connectivity index (χ1) is 14.8. The highest BCUT2D eigenvalue weighted by Gasteiger charge is 2.09. The number of hydrogen-bond donors (Lipinski definition) is 1. The summed E-state index contributed by atoms with van der Waals surface area (Å²) >= 11 is 7.57. The quantitative estimate of drug-likeness (QED) is 0.494. The summed E-state index contributed by atoms with van der Waals surface area (Å²) in [6.45, 7) is 7.07. The number of ether oxygens (including phenoxy) is 2. The fourth-order valence-corrected chi connectivity index (χ4v) is 4.16. The Bertz CT molecular complexity index is 926. The number of thiazole rings is 1. The van der Waals surface area contributed by atoms with Crippen LogP contribution < -0.4 is 10.1 Å². The third-order valence-electron chi connectivity index (χ3n) is 4.99. The first kappa shape index (κ1) is 21.3. The Morgan fingerprint density at radius 1 is 1.13 bits per heavy atom. The maximum absolute atomic E-state index is 5.98. The van der Waals surface area contributed by atoms with E-state index in [1.165, 1.54) is 5.56 Å². The largest absolute Gasteiger partial charge is 0.486 e. The van der Waals surface area contributed by atoms with Crippen molar-refractivity contribution in [3.63, 3.8) is 0 Å². The van der Waals surface area contributed by atoms with Crippen LogP contribution >= 0.6 is 22.9 Å². The van der Waals surface area contributed by atoms with Gasteiger partial charge in [0.15, 0.2) is 0 Å². The molecule has 4 rings (SSSR count). The van der Waals surface area contributed by atoms with Crippen molar-refractivity contribution < 1.29 is 9.47 Å². The predicted molar refractivity (Wildman–Crippen MR) is 122 cm³/mol. The number of halogens is 1. The van der Waals surface area contributed by atoms with Crippen molar-refractivity contribution in [2.75, 3.05) is 39.4 Å². The minimum Gasteiger partial charge on any atom is -0.486 e. The van der Waals surface area contributed by atoms with Gasteiger partial charge in [-0.1, -0.05) is 35.9 Å². The molecule has 0 amide bonds. The molecule has 0 aliphatic carbocycles. The van der Waals surface area contributed by atoms with Gasteiger partial charge in [-0.05, 0) is 29.8 Å². The fraction of sp³-hybridized carbons (Fsp3) is 0.348. The first-order valence-electron chi connectivity index (χ1n) is 10.2. The minimum atomic E-state index is 0.464. The SMILES string of the molecule is Clc1ccc(-c2csc(COc3cccc(CNCCN4CCOCC4)c3)n2)cc1. The average Bonchev–Trinajstić information content (AvgIpc) is 3.26. The Kier molecular flexibility index (Phi) is 7.72. The van der Waals surface area contributed by atoms with Crippen molar-refractivity contribution in [3.05, 3.63) is 69.5 Å². The van der Waals surface area contributed by atoms with Gasteiger partial charge >= 0.3 is 0 Å². The highest BCUT2D eigenvalue weighted by atomic mass is 35.5. The Balaban J connectivity index is 1.24. The summed E-state index contributed by atoms with van der Waals surface area (Å²) in [4.78, 5) is 7.11. The normalized spacial score (nSPS) is 14.7. The molecule has 1 aliphatic heterocycles. The van der Waals surface area contributed by atoms with Gasteiger partial charge in [0.1, 0.15) is 17.4 Å². The maximum atomic E-state index is 5.98. The van der Waals surface area contributed by atoms with Crippen LogP contribution in [0, 0.1) is 0 Å². The highest BCUT2D eigenvalue weighted by molar-refractivity contribution is 7.09. The minimum absolute atomic E-state index is 0.464. The van der Waals surface area contributed by atoms with Crippen LogP contribution in [0.2, 0.25) is 5.02 Å². The molecule has 0 spiro atoms. The Labute approximate surface area is 186 Å². The van der Waals surface area contributed by atoms with Crippen LogP contribution in [0.15, 0.2) is 53.9 Å². The van der Waals surface area contributed by atoms with Gasteiger partial charge in [-0.2, -0.15) is 0 Å². The van der Waals surface area contributed by atoms with Crippen LogP contribution in [0.3, 0.4) is 0 Å². The molecule has 2 aromatic carbocycles. The lowest BCUT2D eigenvalue weighted by molar-refractivity contribution is 0.0384. The molecule has 0 radical (unpaired) electrons. The van der Waals surface area contributed by atoms with Gasteiger partial charge in [0.05, 0.1) is 18.9 Å². The number of morpholine rings is 1. The molecule has 1 aliphatic rings. The Morgan fingerprint density at radius 2 is 1.97 bits per heavy atom. The molecule has 0 atom stereocenters. The van der Waals surface area contributed by atoms with E-state index in [2.05, 4.69) is 32.7 Å². The maximum Gasteiger partial charge on any atom is 0.140 e. The fourth-order valence-electron chi connectivity index (χ4n) is 3.32. The monoisotopic (exact) mass is 443 g/mol. The van der Waals surface area contributed by atoms with Gasteiger partial charge in [-0.15, -0.1) is 11.3 Å². The van der Waals surface area contributed by atoms with Gasteiger partial charge in [0.25, 0.3) is 0 Å². The molecular weight excluding hydrogens is 418 g/mol. The van der Waals surface area contributed by atoms with Crippen LogP contribution in [0.1, 0.15) is 10.6 Å². The smallest absolute Gasteiger partial charge is 0.140 e. The zero-order valence-electron chi connectivity index (χ0n) is 16.9. The van der Waals surface area contributed by atoms with Crippen molar-refractivity contribution in [2.45, 2.75) is 13.2 Å². The van der Waals surface area contributed by atoms with Crippen molar-refractivity contribution in [3.8, 4) is 17.0 Å². The van der Waals surface area contributed by atoms with Crippen molar-refractivity contribution in [1.29, 1.82) is 0 Å². The Hall–Kier alpha value is -1.96. The highest BCUT2D eigenvalue weighted by Crippen LogP contribution is 2.24. The molecule has 0 saturated carbocycles. The zero-order chi connectivity index (χ0) is 20.6. The summed E-state index contributed by atoms with van der Waals surface area (Å²) in [5.74, 6) is 0.866. The van der Waals surface area contributed by atoms with Crippen molar-refractivity contribution in [2.24, 2.45) is 0 Å². The van der Waals surface area contributed by atoms with E-state index in [4.69, 9.17) is 21.1 Å². The van der Waals surface area contributed by atoms with E-state index in [1.54, 1.807) is 11.3 Å². The second-order valence-corrected chi connectivity index (χ2v) is 8.58. The number of benzene rings is 2. The van der Waals surface area contributed by atoms with E-state index < -0.39 is 0 Å². The molecule has 1 saturated heterocycles. The molecule has 2 heterocycles. The van der Waals surface area contributed by atoms with E-state index in [0.717, 1.165) is 73.0 Å². The van der Waals surface area contributed by atoms with E-state index in [9.17, 15) is 0 Å². The molecule has 1 fully saturated rings. The van der Waals surface area contributed by atoms with E-state index in [-0.39, 0.29) is 0 Å². The van der Waals surface area contributed by atoms with E-state index >= 15 is 0 Å². The summed E-state index contributed by atoms with van der Waals surface area (Å²) < 4.78 is 11.4. The molecule has 158 valence electrons. The summed E-state index contributed by atoms with van der Waals surface area (Å²) in [7, 11) is 0. The zero-order valence-corrected chi connectivity index (χ0v) is 18.4. The van der Waals surface area contributed by atoms with Gasteiger partial charge in [0, 0.05) is 48.7 Å². The lowest BCUT2D eigenvalue weighted by Gasteiger charge is -2.26. The second kappa shape index (κ2) is 10.9. The van der Waals surface area contributed by atoms with Gasteiger partial charge < -0.3 is 14.8 Å². The number of aromatic nitrogens is 1. The molecule has 0 bridgehead atoms. The van der Waals surface area contributed by atoms with Gasteiger partial charge in [-0.3, -0.25) is 4.90 Å². The van der Waals surface area contributed by atoms with Crippen molar-refractivity contribution in [1.82, 2.24) is 15.2 Å². The van der Waals surface area contributed by atoms with Crippen LogP contribution in [0.25, 0.3) is 11.3 Å². The molecule has 7 heteroatoms. The van der Waals surface area contributed by atoms with Gasteiger partial charge in [-0.25, -0.2) is 4.98 Å². The number of nitrogens with zero attached hydrogens (tertiary/aromatic N) is 2. The summed E-state index contributed by atoms with van der Waals surface area (Å²) in [6.07, 6.45) is 0. The average molecular weight is 444 g/mol. The first-order valence-corrected chi connectivity index (χ1v) is 11.4. The van der Waals surface area contributed by atoms with Crippen LogP contribution in [0.4, 0.5) is 0 Å². The standard InChI is InChI=1S/C23H26ClN3O2S/c24-20-6-4-19(5-7-20)22-17-30-23(26-22)16-29-21-3-1-2-18(14-21)15-25-8-9-27-10-12-28-13-11-27/h1-7,14,17,25H,8-13,15-16H2. The lowest BCUT2D eigenvalue weighted by atomic mass is 10.2. The molecule has 3 aromatic rings. The number of rotatable bonds is 9. The van der Waals surface area contributed by atoms with Crippen LogP contribution in [0.5, 0.6) is 5.75 Å². The van der Waals surface area contributed by atoms with Crippen LogP contribution in [-0.2, 0) is 17.9 Å². The van der Waals surface area contributed by atoms with E-state index in [1.807, 2.05) is 36.4 Å².